The Bertz CT molecular complexity index is 1470. The highest BCUT2D eigenvalue weighted by Crippen LogP contribution is 2.35. The summed E-state index contributed by atoms with van der Waals surface area (Å²) in [4.78, 5) is 12.0. The zero-order chi connectivity index (χ0) is 50.4. The van der Waals surface area contributed by atoms with Gasteiger partial charge in [0.1, 0.15) is 0 Å². The van der Waals surface area contributed by atoms with Gasteiger partial charge in [0.15, 0.2) is 17.4 Å². The van der Waals surface area contributed by atoms with Crippen molar-refractivity contribution in [1.29, 1.82) is 0 Å². The third kappa shape index (κ3) is 29.1. The van der Waals surface area contributed by atoms with Gasteiger partial charge in [0.2, 0.25) is 11.6 Å². The predicted octanol–water partition coefficient (Wildman–Crippen LogP) is 11.9. The summed E-state index contributed by atoms with van der Waals surface area (Å²) >= 11 is 4.42. The van der Waals surface area contributed by atoms with Crippen molar-refractivity contribution in [3.05, 3.63) is 51.9 Å². The van der Waals surface area contributed by atoms with Gasteiger partial charge in [-0.25, -0.2) is 13.2 Å². The summed E-state index contributed by atoms with van der Waals surface area (Å²) < 4.78 is 75.9. The Morgan fingerprint density at radius 1 is 0.706 bits per heavy atom. The lowest BCUT2D eigenvalue weighted by Gasteiger charge is -2.32. The number of hydrogen-bond donors (Lipinski definition) is 6. The van der Waals surface area contributed by atoms with Crippen LogP contribution in [0.2, 0.25) is 0 Å². The first kappa shape index (κ1) is 63.6. The number of carbonyl (C=O) groups excluding carboxylic acids is 1. The second-order valence-electron chi connectivity index (χ2n) is 17.8. The molecule has 0 spiro atoms. The van der Waals surface area contributed by atoms with E-state index in [-0.39, 0.29) is 24.7 Å². The highest BCUT2D eigenvalue weighted by atomic mass is 32.1. The monoisotopic (exact) mass is 993 g/mol. The lowest BCUT2D eigenvalue weighted by Crippen LogP contribution is -2.33. The molecule has 0 aromatic heterocycles. The first-order chi connectivity index (χ1) is 32.9. The summed E-state index contributed by atoms with van der Waals surface area (Å²) in [5, 5.41) is 34.6. The molecule has 0 aliphatic heterocycles. The van der Waals surface area contributed by atoms with Crippen molar-refractivity contribution in [2.45, 2.75) is 206 Å². The van der Waals surface area contributed by atoms with E-state index in [1.165, 1.54) is 88.3 Å². The standard InChI is InChI=1S/C35H52F4N2O5.C10H20O3S.C6H14.C2H6/c1-26-31(36)32(37)33(38)34(39)35(26)46-30(42)14-9-7-5-3-2-4-6-8-13-29(28-11-10-12-28)41-18-20-44-22-24-45-23-21-43-19-17-40-25-27-15-16-27;11-5-4-8(12)9(13)6-10(14)7-2-1-3-7;1-3-5-6-4-2;1-2/h25,40-41H,2-24H2,1H3;7-14H,1-6H2;3-6H2,1-2H3;1-2H3. The predicted molar refractivity (Wildman–Crippen MR) is 269 cm³/mol. The van der Waals surface area contributed by atoms with Gasteiger partial charge in [0, 0.05) is 42.6 Å². The van der Waals surface area contributed by atoms with Crippen LogP contribution in [-0.4, -0.2) is 98.1 Å². The molecule has 68 heavy (non-hydrogen) atoms. The molecular formula is C53H92F4N2O8S. The number of aliphatic hydroxyl groups excluding tert-OH is 3. The SMILES string of the molecule is CC.CCCCCC.Cc1c(F)c(F)c(F)c(F)c1OC(=O)CCCCCCCCCCC(NCCOCCOCCOCCNC=C1CC1)=C1CCC1.OCCC(O)C(O)CC(S)C1CCC1. The van der Waals surface area contributed by atoms with Gasteiger partial charge in [0.05, 0.1) is 51.8 Å². The van der Waals surface area contributed by atoms with Gasteiger partial charge in [0.25, 0.3) is 0 Å². The van der Waals surface area contributed by atoms with Crippen LogP contribution in [-0.2, 0) is 19.0 Å². The topological polar surface area (TPSA) is 139 Å². The van der Waals surface area contributed by atoms with E-state index in [2.05, 4.69) is 43.3 Å². The van der Waals surface area contributed by atoms with Gasteiger partial charge in [-0.1, -0.05) is 109 Å². The van der Waals surface area contributed by atoms with Crippen LogP contribution in [0.25, 0.3) is 0 Å². The minimum Gasteiger partial charge on any atom is -0.423 e. The van der Waals surface area contributed by atoms with Gasteiger partial charge < -0.3 is 44.9 Å². The first-order valence-corrected chi connectivity index (χ1v) is 26.7. The van der Waals surface area contributed by atoms with Crippen molar-refractivity contribution in [3.8, 4) is 5.75 Å². The quantitative estimate of drug-likeness (QED) is 0.00741. The number of ether oxygens (including phenoxy) is 4. The highest BCUT2D eigenvalue weighted by Gasteiger charge is 2.29. The van der Waals surface area contributed by atoms with Crippen LogP contribution in [0.1, 0.15) is 187 Å². The van der Waals surface area contributed by atoms with Gasteiger partial charge in [-0.15, -0.1) is 0 Å². The fourth-order valence-electron chi connectivity index (χ4n) is 7.31. The molecule has 0 amide bonds. The molecule has 0 radical (unpaired) electrons. The summed E-state index contributed by atoms with van der Waals surface area (Å²) in [7, 11) is 0. The molecule has 3 aliphatic rings. The Labute approximate surface area is 413 Å². The maximum atomic E-state index is 13.9. The molecule has 10 nitrogen and oxygen atoms in total. The molecule has 0 heterocycles. The van der Waals surface area contributed by atoms with E-state index < -0.39 is 52.8 Å². The average molecular weight is 993 g/mol. The molecule has 1 aromatic carbocycles. The number of halogens is 4. The van der Waals surface area contributed by atoms with Crippen LogP contribution in [0, 0.1) is 36.1 Å². The summed E-state index contributed by atoms with van der Waals surface area (Å²) in [6, 6.07) is 0. The number of unbranched alkanes of at least 4 members (excludes halogenated alkanes) is 10. The Balaban J connectivity index is 0.000000863. The maximum Gasteiger partial charge on any atom is 0.311 e. The van der Waals surface area contributed by atoms with Crippen molar-refractivity contribution in [3.63, 3.8) is 0 Å². The van der Waals surface area contributed by atoms with Gasteiger partial charge in [-0.3, -0.25) is 4.79 Å². The molecule has 3 aliphatic carbocycles. The normalized spacial score (nSPS) is 15.2. The summed E-state index contributed by atoms with van der Waals surface area (Å²) in [6.07, 6.45) is 25.5. The van der Waals surface area contributed by atoms with Gasteiger partial charge in [-0.05, 0) is 96.1 Å². The van der Waals surface area contributed by atoms with Crippen LogP contribution in [0.5, 0.6) is 5.75 Å². The van der Waals surface area contributed by atoms with E-state index in [0.29, 0.717) is 58.4 Å². The smallest absolute Gasteiger partial charge is 0.311 e. The molecule has 4 rings (SSSR count). The number of esters is 1. The molecule has 3 saturated carbocycles. The number of rotatable bonds is 35. The molecule has 3 atom stereocenters. The maximum absolute atomic E-state index is 13.9. The van der Waals surface area contributed by atoms with Crippen molar-refractivity contribution in [2.75, 3.05) is 59.3 Å². The fraction of sp³-hybridized carbons (Fsp3) is 0.792. The van der Waals surface area contributed by atoms with Crippen LogP contribution < -0.4 is 15.4 Å². The third-order valence-electron chi connectivity index (χ3n) is 12.2. The minimum atomic E-state index is -1.99. The van der Waals surface area contributed by atoms with Crippen LogP contribution in [0.3, 0.4) is 0 Å². The van der Waals surface area contributed by atoms with Crippen LogP contribution in [0.15, 0.2) is 23.0 Å². The molecule has 3 fully saturated rings. The first-order valence-electron chi connectivity index (χ1n) is 26.2. The number of thiol groups is 1. The number of aliphatic hydroxyl groups is 3. The zero-order valence-corrected chi connectivity index (χ0v) is 43.5. The fourth-order valence-corrected chi connectivity index (χ4v) is 7.83. The number of carbonyl (C=O) groups is 1. The number of benzene rings is 1. The second kappa shape index (κ2) is 41.2. The number of nitrogens with one attached hydrogen (secondary N) is 2. The van der Waals surface area contributed by atoms with E-state index in [4.69, 9.17) is 24.1 Å². The molecule has 15 heteroatoms. The van der Waals surface area contributed by atoms with E-state index in [9.17, 15) is 32.6 Å². The number of hydrogen-bond acceptors (Lipinski definition) is 11. The van der Waals surface area contributed by atoms with E-state index in [1.807, 2.05) is 13.8 Å². The Morgan fingerprint density at radius 3 is 1.74 bits per heavy atom. The molecule has 0 saturated heterocycles. The Kier molecular flexibility index (Phi) is 38.6. The zero-order valence-electron chi connectivity index (χ0n) is 42.6. The summed E-state index contributed by atoms with van der Waals surface area (Å²) in [5.74, 6) is -8.24. The average Bonchev–Trinajstić information content (AvgIpc) is 4.13. The molecule has 1 aromatic rings. The lowest BCUT2D eigenvalue weighted by molar-refractivity contribution is -0.134. The van der Waals surface area contributed by atoms with Gasteiger partial charge in [-0.2, -0.15) is 17.0 Å². The van der Waals surface area contributed by atoms with Gasteiger partial charge >= 0.3 is 5.97 Å². The summed E-state index contributed by atoms with van der Waals surface area (Å²) in [6.45, 7) is 14.7. The molecule has 0 bridgehead atoms. The molecule has 396 valence electrons. The van der Waals surface area contributed by atoms with Crippen molar-refractivity contribution >= 4 is 18.6 Å². The van der Waals surface area contributed by atoms with E-state index in [0.717, 1.165) is 71.4 Å². The van der Waals surface area contributed by atoms with Crippen molar-refractivity contribution in [1.82, 2.24) is 10.6 Å². The molecular weight excluding hydrogens is 901 g/mol. The van der Waals surface area contributed by atoms with Crippen molar-refractivity contribution < 1.29 is 56.6 Å². The summed E-state index contributed by atoms with van der Waals surface area (Å²) in [5.41, 5.74) is 3.85. The van der Waals surface area contributed by atoms with Crippen molar-refractivity contribution in [2.24, 2.45) is 5.92 Å². The molecule has 5 N–H and O–H groups in total. The lowest BCUT2D eigenvalue weighted by atomic mass is 9.80. The second-order valence-corrected chi connectivity index (χ2v) is 18.5. The largest absolute Gasteiger partial charge is 0.423 e. The minimum absolute atomic E-state index is 0.00458. The Morgan fingerprint density at radius 2 is 1.24 bits per heavy atom. The van der Waals surface area contributed by atoms with E-state index >= 15 is 0 Å². The van der Waals surface area contributed by atoms with E-state index in [1.54, 1.807) is 5.57 Å². The molecule has 3 unspecified atom stereocenters. The number of allylic oxidation sites excluding steroid dienone is 3. The third-order valence-corrected chi connectivity index (χ3v) is 12.8. The van der Waals surface area contributed by atoms with Crippen LogP contribution >= 0.6 is 12.6 Å². The van der Waals surface area contributed by atoms with Crippen LogP contribution in [0.4, 0.5) is 17.6 Å². The highest BCUT2D eigenvalue weighted by molar-refractivity contribution is 7.81. The Hall–Kier alpha value is -2.40.